The Labute approximate surface area is 121 Å². The fourth-order valence-electron chi connectivity index (χ4n) is 2.39. The van der Waals surface area contributed by atoms with Gasteiger partial charge in [-0.3, -0.25) is 19.7 Å². The number of hydrogen-bond donors (Lipinski definition) is 1. The molecule has 0 bridgehead atoms. The van der Waals surface area contributed by atoms with Gasteiger partial charge in [-0.15, -0.1) is 0 Å². The first-order valence-corrected chi connectivity index (χ1v) is 6.54. The first-order valence-electron chi connectivity index (χ1n) is 6.54. The third-order valence-electron chi connectivity index (χ3n) is 3.25. The summed E-state index contributed by atoms with van der Waals surface area (Å²) in [6.45, 7) is 3.57. The second-order valence-corrected chi connectivity index (χ2v) is 5.61. The summed E-state index contributed by atoms with van der Waals surface area (Å²) in [5.74, 6) is -1.36. The summed E-state index contributed by atoms with van der Waals surface area (Å²) in [5, 5.41) is 13.3. The first kappa shape index (κ1) is 15.0. The molecule has 1 N–H and O–H groups in total. The lowest BCUT2D eigenvalue weighted by Gasteiger charge is -2.14. The number of benzene rings is 1. The highest BCUT2D eigenvalue weighted by Gasteiger charge is 2.40. The lowest BCUT2D eigenvalue weighted by molar-refractivity contribution is -0.383. The Kier molecular flexibility index (Phi) is 3.93. The molecule has 1 aliphatic rings. The quantitative estimate of drug-likeness (QED) is 0.521. The predicted octanol–water partition coefficient (Wildman–Crippen LogP) is 2.27. The Morgan fingerprint density at radius 3 is 2.71 bits per heavy atom. The molecule has 0 spiro atoms. The van der Waals surface area contributed by atoms with Gasteiger partial charge in [0, 0.05) is 18.9 Å². The van der Waals surface area contributed by atoms with Gasteiger partial charge in [0.05, 0.1) is 10.8 Å². The number of esters is 1. The molecule has 1 fully saturated rings. The molecule has 7 nitrogen and oxygen atoms in total. The van der Waals surface area contributed by atoms with E-state index in [2.05, 4.69) is 5.32 Å². The van der Waals surface area contributed by atoms with Gasteiger partial charge in [0.15, 0.2) is 0 Å². The molecule has 2 rings (SSSR count). The number of nitrogens with one attached hydrogen (secondary N) is 1. The SMILES string of the molecule is CC1(C)C[C@@H](CC(=O)Nc2ccccc2[N+](=O)[O-])C(=O)O1. The van der Waals surface area contributed by atoms with E-state index in [1.165, 1.54) is 18.2 Å². The van der Waals surface area contributed by atoms with Crippen molar-refractivity contribution in [1.82, 2.24) is 0 Å². The number of ether oxygens (including phenoxy) is 1. The van der Waals surface area contributed by atoms with Crippen molar-refractivity contribution in [3.05, 3.63) is 34.4 Å². The maximum absolute atomic E-state index is 12.0. The Balaban J connectivity index is 2.03. The van der Waals surface area contributed by atoms with Gasteiger partial charge >= 0.3 is 5.97 Å². The Morgan fingerprint density at radius 1 is 1.48 bits per heavy atom. The number of nitro groups is 1. The summed E-state index contributed by atoms with van der Waals surface area (Å²) in [4.78, 5) is 33.9. The van der Waals surface area contributed by atoms with Crippen LogP contribution in [0.2, 0.25) is 0 Å². The monoisotopic (exact) mass is 292 g/mol. The van der Waals surface area contributed by atoms with Crippen molar-refractivity contribution in [3.63, 3.8) is 0 Å². The van der Waals surface area contributed by atoms with Crippen LogP contribution in [0.3, 0.4) is 0 Å². The first-order chi connectivity index (χ1) is 9.78. The molecule has 1 aromatic carbocycles. The van der Waals surface area contributed by atoms with E-state index in [0.717, 1.165) is 0 Å². The number of hydrogen-bond acceptors (Lipinski definition) is 5. The summed E-state index contributed by atoms with van der Waals surface area (Å²) >= 11 is 0. The number of anilines is 1. The Bertz CT molecular complexity index is 597. The van der Waals surface area contributed by atoms with Gasteiger partial charge in [0.25, 0.3) is 5.69 Å². The van der Waals surface area contributed by atoms with E-state index in [1.54, 1.807) is 19.9 Å². The van der Waals surface area contributed by atoms with Gasteiger partial charge in [-0.1, -0.05) is 12.1 Å². The summed E-state index contributed by atoms with van der Waals surface area (Å²) in [6.07, 6.45) is 0.407. The zero-order chi connectivity index (χ0) is 15.6. The molecule has 0 aromatic heterocycles. The van der Waals surface area contributed by atoms with Crippen LogP contribution in [-0.4, -0.2) is 22.4 Å². The van der Waals surface area contributed by atoms with E-state index in [9.17, 15) is 19.7 Å². The van der Waals surface area contributed by atoms with Gasteiger partial charge in [-0.25, -0.2) is 0 Å². The minimum atomic E-state index is -0.569. The van der Waals surface area contributed by atoms with Crippen molar-refractivity contribution >= 4 is 23.3 Å². The van der Waals surface area contributed by atoms with Crippen LogP contribution in [0, 0.1) is 16.0 Å². The molecule has 7 heteroatoms. The van der Waals surface area contributed by atoms with Crippen LogP contribution in [0.1, 0.15) is 26.7 Å². The zero-order valence-corrected chi connectivity index (χ0v) is 11.8. The highest BCUT2D eigenvalue weighted by atomic mass is 16.6. The maximum Gasteiger partial charge on any atom is 0.310 e. The number of para-hydroxylation sites is 2. The molecule has 1 atom stereocenters. The molecule has 0 aliphatic carbocycles. The fraction of sp³-hybridized carbons (Fsp3) is 0.429. The number of carbonyl (C=O) groups is 2. The molecule has 0 saturated carbocycles. The van der Waals surface area contributed by atoms with Crippen molar-refractivity contribution < 1.29 is 19.2 Å². The molecular formula is C14H16N2O5. The van der Waals surface area contributed by atoms with Crippen LogP contribution in [0.25, 0.3) is 0 Å². The second-order valence-electron chi connectivity index (χ2n) is 5.61. The highest BCUT2D eigenvalue weighted by Crippen LogP contribution is 2.33. The van der Waals surface area contributed by atoms with E-state index in [1.807, 2.05) is 0 Å². The third-order valence-corrected chi connectivity index (χ3v) is 3.25. The van der Waals surface area contributed by atoms with Crippen LogP contribution in [-0.2, 0) is 14.3 Å². The number of nitrogens with zero attached hydrogens (tertiary/aromatic N) is 1. The molecule has 1 heterocycles. The normalized spacial score (nSPS) is 19.9. The number of cyclic esters (lactones) is 1. The molecule has 0 radical (unpaired) electrons. The summed E-state index contributed by atoms with van der Waals surface area (Å²) < 4.78 is 5.15. The zero-order valence-electron chi connectivity index (χ0n) is 11.8. The van der Waals surface area contributed by atoms with Gasteiger partial charge in [-0.2, -0.15) is 0 Å². The third kappa shape index (κ3) is 3.56. The van der Waals surface area contributed by atoms with Crippen molar-refractivity contribution in [2.45, 2.75) is 32.3 Å². The van der Waals surface area contributed by atoms with Gasteiger partial charge in [-0.05, 0) is 19.9 Å². The van der Waals surface area contributed by atoms with Gasteiger partial charge < -0.3 is 10.1 Å². The summed E-state index contributed by atoms with van der Waals surface area (Å²) in [6, 6.07) is 5.87. The molecule has 1 aromatic rings. The lowest BCUT2D eigenvalue weighted by atomic mass is 9.94. The number of amides is 1. The van der Waals surface area contributed by atoms with Crippen molar-refractivity contribution in [2.75, 3.05) is 5.32 Å². The standard InChI is InChI=1S/C14H16N2O5/c1-14(2)8-9(13(18)21-14)7-12(17)15-10-5-3-4-6-11(10)16(19)20/h3-6,9H,7-8H2,1-2H3,(H,15,17)/t9-/m1/s1. The summed E-state index contributed by atoms with van der Waals surface area (Å²) in [7, 11) is 0. The lowest BCUT2D eigenvalue weighted by Crippen LogP contribution is -2.20. The van der Waals surface area contributed by atoms with Crippen molar-refractivity contribution in [3.8, 4) is 0 Å². The highest BCUT2D eigenvalue weighted by molar-refractivity contribution is 5.95. The predicted molar refractivity (Wildman–Crippen MR) is 74.6 cm³/mol. The van der Waals surface area contributed by atoms with Gasteiger partial charge in [0.2, 0.25) is 5.91 Å². The van der Waals surface area contributed by atoms with Crippen LogP contribution in [0.4, 0.5) is 11.4 Å². The van der Waals surface area contributed by atoms with E-state index >= 15 is 0 Å². The van der Waals surface area contributed by atoms with Crippen LogP contribution in [0.15, 0.2) is 24.3 Å². The average Bonchev–Trinajstić information content (AvgIpc) is 2.62. The number of nitro benzene ring substituents is 1. The van der Waals surface area contributed by atoms with Crippen LogP contribution < -0.4 is 5.32 Å². The largest absolute Gasteiger partial charge is 0.459 e. The molecular weight excluding hydrogens is 276 g/mol. The fourth-order valence-corrected chi connectivity index (χ4v) is 2.39. The van der Waals surface area contributed by atoms with E-state index in [-0.39, 0.29) is 17.8 Å². The molecule has 1 saturated heterocycles. The molecule has 21 heavy (non-hydrogen) atoms. The van der Waals surface area contributed by atoms with Crippen LogP contribution in [0.5, 0.6) is 0 Å². The Morgan fingerprint density at radius 2 is 2.14 bits per heavy atom. The minimum absolute atomic E-state index is 0.0473. The number of rotatable bonds is 4. The van der Waals surface area contributed by atoms with Crippen molar-refractivity contribution in [2.24, 2.45) is 5.92 Å². The average molecular weight is 292 g/mol. The molecule has 112 valence electrons. The van der Waals surface area contributed by atoms with Crippen molar-refractivity contribution in [1.29, 1.82) is 0 Å². The topological polar surface area (TPSA) is 98.5 Å². The van der Waals surface area contributed by atoms with E-state index < -0.39 is 28.3 Å². The number of carbonyl (C=O) groups excluding carboxylic acids is 2. The smallest absolute Gasteiger partial charge is 0.310 e. The molecule has 1 aliphatic heterocycles. The van der Waals surface area contributed by atoms with Crippen LogP contribution >= 0.6 is 0 Å². The minimum Gasteiger partial charge on any atom is -0.459 e. The summed E-state index contributed by atoms with van der Waals surface area (Å²) in [5.41, 5.74) is -0.626. The van der Waals surface area contributed by atoms with E-state index in [0.29, 0.717) is 6.42 Å². The van der Waals surface area contributed by atoms with E-state index in [4.69, 9.17) is 4.74 Å². The molecule has 1 amide bonds. The van der Waals surface area contributed by atoms with Gasteiger partial charge in [0.1, 0.15) is 11.3 Å². The Hall–Kier alpha value is -2.44. The maximum atomic E-state index is 12.0. The molecule has 0 unspecified atom stereocenters. The second kappa shape index (κ2) is 5.51.